The highest BCUT2D eigenvalue weighted by Crippen LogP contribution is 2.33. The zero-order valence-electron chi connectivity index (χ0n) is 9.92. The maximum atomic E-state index is 12.8. The molecule has 3 nitrogen and oxygen atoms in total. The molecule has 0 unspecified atom stereocenters. The minimum atomic E-state index is -4.34. The minimum absolute atomic E-state index is 0.248. The number of thioether (sulfide) groups is 1. The number of pyridine rings is 1. The molecule has 100 valence electrons. The quantitative estimate of drug-likeness (QED) is 0.899. The van der Waals surface area contributed by atoms with Gasteiger partial charge in [0.05, 0.1) is 5.56 Å². The van der Waals surface area contributed by atoms with Crippen LogP contribution in [0.2, 0.25) is 0 Å². The molecule has 1 aromatic rings. The van der Waals surface area contributed by atoms with Gasteiger partial charge in [0, 0.05) is 31.6 Å². The van der Waals surface area contributed by atoms with Gasteiger partial charge in [-0.1, -0.05) is 0 Å². The third kappa shape index (κ3) is 3.01. The molecule has 0 spiro atoms. The van der Waals surface area contributed by atoms with Crippen LogP contribution in [0.4, 0.5) is 24.8 Å². The van der Waals surface area contributed by atoms with Crippen molar-refractivity contribution in [3.63, 3.8) is 0 Å². The first-order chi connectivity index (χ1) is 8.50. The molecule has 0 saturated carbocycles. The summed E-state index contributed by atoms with van der Waals surface area (Å²) in [5.74, 6) is 2.49. The van der Waals surface area contributed by atoms with Crippen LogP contribution in [0.1, 0.15) is 5.56 Å². The summed E-state index contributed by atoms with van der Waals surface area (Å²) in [6.07, 6.45) is -4.34. The van der Waals surface area contributed by atoms with E-state index in [2.05, 4.69) is 10.3 Å². The van der Waals surface area contributed by atoms with Gasteiger partial charge in [0.15, 0.2) is 0 Å². The van der Waals surface area contributed by atoms with Gasteiger partial charge in [-0.3, -0.25) is 0 Å². The Morgan fingerprint density at radius 3 is 2.50 bits per heavy atom. The number of nitrogens with one attached hydrogen (secondary N) is 1. The Kier molecular flexibility index (Phi) is 3.89. The molecule has 0 aliphatic carbocycles. The summed E-state index contributed by atoms with van der Waals surface area (Å²) in [4.78, 5) is 6.09. The highest BCUT2D eigenvalue weighted by atomic mass is 32.2. The van der Waals surface area contributed by atoms with Crippen LogP contribution in [0, 0.1) is 0 Å². The zero-order chi connectivity index (χ0) is 13.2. The van der Waals surface area contributed by atoms with E-state index in [1.54, 1.807) is 18.8 Å². The maximum absolute atomic E-state index is 12.8. The van der Waals surface area contributed by atoms with Gasteiger partial charge < -0.3 is 10.2 Å². The minimum Gasteiger partial charge on any atom is -0.373 e. The fourth-order valence-corrected chi connectivity index (χ4v) is 2.67. The topological polar surface area (TPSA) is 28.2 Å². The van der Waals surface area contributed by atoms with Gasteiger partial charge in [0.1, 0.15) is 11.6 Å². The van der Waals surface area contributed by atoms with E-state index in [4.69, 9.17) is 0 Å². The molecular formula is C11H14F3N3S. The molecule has 2 heterocycles. The summed E-state index contributed by atoms with van der Waals surface area (Å²) in [6, 6.07) is 2.15. The second-order valence-electron chi connectivity index (χ2n) is 3.95. The number of anilines is 2. The van der Waals surface area contributed by atoms with Crippen molar-refractivity contribution < 1.29 is 13.2 Å². The van der Waals surface area contributed by atoms with Crippen molar-refractivity contribution in [1.29, 1.82) is 0 Å². The summed E-state index contributed by atoms with van der Waals surface area (Å²) in [7, 11) is 1.57. The predicted octanol–water partition coefficient (Wildman–Crippen LogP) is 2.70. The van der Waals surface area contributed by atoms with Crippen LogP contribution >= 0.6 is 11.8 Å². The van der Waals surface area contributed by atoms with Gasteiger partial charge >= 0.3 is 6.18 Å². The molecule has 18 heavy (non-hydrogen) atoms. The maximum Gasteiger partial charge on any atom is 0.416 e. The molecule has 0 amide bonds. The Labute approximate surface area is 108 Å². The number of aromatic nitrogens is 1. The Bertz CT molecular complexity index is 416. The van der Waals surface area contributed by atoms with Crippen molar-refractivity contribution in [2.75, 3.05) is 41.9 Å². The van der Waals surface area contributed by atoms with Crippen molar-refractivity contribution >= 4 is 23.4 Å². The summed E-state index contributed by atoms with van der Waals surface area (Å²) in [5.41, 5.74) is -0.657. The van der Waals surface area contributed by atoms with Crippen LogP contribution < -0.4 is 10.2 Å². The molecule has 0 radical (unpaired) electrons. The molecule has 0 bridgehead atoms. The highest BCUT2D eigenvalue weighted by Gasteiger charge is 2.32. The predicted molar refractivity (Wildman–Crippen MR) is 68.3 cm³/mol. The van der Waals surface area contributed by atoms with Gasteiger partial charge in [-0.25, -0.2) is 4.98 Å². The third-order valence-corrected chi connectivity index (χ3v) is 3.67. The van der Waals surface area contributed by atoms with Crippen molar-refractivity contribution in [3.8, 4) is 0 Å². The first kappa shape index (κ1) is 13.3. The molecule has 1 aliphatic heterocycles. The van der Waals surface area contributed by atoms with Crippen LogP contribution in [-0.2, 0) is 6.18 Å². The van der Waals surface area contributed by atoms with E-state index in [-0.39, 0.29) is 5.82 Å². The van der Waals surface area contributed by atoms with Gasteiger partial charge in [-0.15, -0.1) is 0 Å². The van der Waals surface area contributed by atoms with Gasteiger partial charge in [-0.2, -0.15) is 24.9 Å². The third-order valence-electron chi connectivity index (χ3n) is 2.73. The van der Waals surface area contributed by atoms with Crippen LogP contribution in [0.25, 0.3) is 0 Å². The first-order valence-corrected chi connectivity index (χ1v) is 6.76. The zero-order valence-corrected chi connectivity index (χ0v) is 10.7. The molecule has 1 saturated heterocycles. The molecule has 1 aromatic heterocycles. The first-order valence-electron chi connectivity index (χ1n) is 5.60. The Balaban J connectivity index is 2.34. The van der Waals surface area contributed by atoms with E-state index < -0.39 is 11.7 Å². The molecule has 7 heteroatoms. The summed E-state index contributed by atoms with van der Waals surface area (Å²) >= 11 is 1.81. The smallest absolute Gasteiger partial charge is 0.373 e. The molecular weight excluding hydrogens is 263 g/mol. The molecule has 1 fully saturated rings. The molecule has 2 rings (SSSR count). The second-order valence-corrected chi connectivity index (χ2v) is 5.17. The lowest BCUT2D eigenvalue weighted by atomic mass is 10.2. The van der Waals surface area contributed by atoms with E-state index in [0.29, 0.717) is 5.82 Å². The summed E-state index contributed by atoms with van der Waals surface area (Å²) in [5, 5.41) is 2.68. The van der Waals surface area contributed by atoms with E-state index in [1.807, 2.05) is 4.90 Å². The second kappa shape index (κ2) is 5.26. The van der Waals surface area contributed by atoms with Crippen LogP contribution in [-0.4, -0.2) is 36.6 Å². The number of nitrogens with zero attached hydrogens (tertiary/aromatic N) is 2. The highest BCUT2D eigenvalue weighted by molar-refractivity contribution is 7.99. The van der Waals surface area contributed by atoms with E-state index in [0.717, 1.165) is 36.7 Å². The Morgan fingerprint density at radius 1 is 1.28 bits per heavy atom. The van der Waals surface area contributed by atoms with Crippen molar-refractivity contribution in [1.82, 2.24) is 4.98 Å². The lowest BCUT2D eigenvalue weighted by Gasteiger charge is -2.28. The molecule has 0 aromatic carbocycles. The largest absolute Gasteiger partial charge is 0.416 e. The Morgan fingerprint density at radius 2 is 1.94 bits per heavy atom. The van der Waals surface area contributed by atoms with Crippen molar-refractivity contribution in [2.45, 2.75) is 6.18 Å². The summed E-state index contributed by atoms with van der Waals surface area (Å²) in [6.45, 7) is 1.48. The van der Waals surface area contributed by atoms with E-state index in [9.17, 15) is 13.2 Å². The fourth-order valence-electron chi connectivity index (χ4n) is 1.76. The standard InChI is InChI=1S/C11H14F3N3S/c1-15-9-6-8(11(12,13)14)7-10(16-9)17-2-4-18-5-3-17/h6-7H,2-5H2,1H3,(H,15,16). The van der Waals surface area contributed by atoms with E-state index >= 15 is 0 Å². The number of hydrogen-bond donors (Lipinski definition) is 1. The van der Waals surface area contributed by atoms with Gasteiger partial charge in [0.2, 0.25) is 0 Å². The SMILES string of the molecule is CNc1cc(C(F)(F)F)cc(N2CCSCC2)n1. The normalized spacial score (nSPS) is 16.8. The average Bonchev–Trinajstić information content (AvgIpc) is 2.38. The van der Waals surface area contributed by atoms with Crippen molar-refractivity contribution in [2.24, 2.45) is 0 Å². The number of rotatable bonds is 2. The van der Waals surface area contributed by atoms with E-state index in [1.165, 1.54) is 0 Å². The number of halogens is 3. The van der Waals surface area contributed by atoms with Gasteiger partial charge in [0.25, 0.3) is 0 Å². The van der Waals surface area contributed by atoms with Crippen LogP contribution in [0.3, 0.4) is 0 Å². The summed E-state index contributed by atoms with van der Waals surface area (Å²) < 4.78 is 38.3. The lowest BCUT2D eigenvalue weighted by Crippen LogP contribution is -2.33. The number of hydrogen-bond acceptors (Lipinski definition) is 4. The average molecular weight is 277 g/mol. The molecule has 1 N–H and O–H groups in total. The van der Waals surface area contributed by atoms with Crippen LogP contribution in [0.5, 0.6) is 0 Å². The monoisotopic (exact) mass is 277 g/mol. The fraction of sp³-hybridized carbons (Fsp3) is 0.545. The molecule has 0 atom stereocenters. The molecule has 1 aliphatic rings. The Hall–Kier alpha value is -1.11. The lowest BCUT2D eigenvalue weighted by molar-refractivity contribution is -0.137. The van der Waals surface area contributed by atoms with Gasteiger partial charge in [-0.05, 0) is 12.1 Å². The van der Waals surface area contributed by atoms with Crippen LogP contribution in [0.15, 0.2) is 12.1 Å². The number of alkyl halides is 3. The van der Waals surface area contributed by atoms with Crippen molar-refractivity contribution in [3.05, 3.63) is 17.7 Å².